The highest BCUT2D eigenvalue weighted by molar-refractivity contribution is 7.99. The van der Waals surface area contributed by atoms with Crippen molar-refractivity contribution >= 4 is 29.5 Å². The third-order valence-corrected chi connectivity index (χ3v) is 4.05. The molecule has 0 bridgehead atoms. The van der Waals surface area contributed by atoms with Crippen LogP contribution in [-0.2, 0) is 14.4 Å². The summed E-state index contributed by atoms with van der Waals surface area (Å²) in [7, 11) is 0. The summed E-state index contributed by atoms with van der Waals surface area (Å²) in [4.78, 5) is 35.3. The zero-order chi connectivity index (χ0) is 11.1. The number of thioether (sulfide) groups is 1. The molecule has 82 valence electrons. The Morgan fingerprint density at radius 2 is 1.93 bits per heavy atom. The van der Waals surface area contributed by atoms with E-state index in [1.165, 1.54) is 11.8 Å². The maximum absolute atomic E-state index is 11.5. The SMILES string of the molecule is O=C1CCC(=O)N1C1(C(=O)O)CCSC1. The molecule has 5 nitrogen and oxygen atoms in total. The Hall–Kier alpha value is -1.04. The molecule has 1 N–H and O–H groups in total. The van der Waals surface area contributed by atoms with Gasteiger partial charge >= 0.3 is 5.97 Å². The summed E-state index contributed by atoms with van der Waals surface area (Å²) in [6.45, 7) is 0. The van der Waals surface area contributed by atoms with Crippen LogP contribution < -0.4 is 0 Å². The molecule has 2 aliphatic rings. The first-order valence-corrected chi connectivity index (χ1v) is 5.90. The molecule has 2 fully saturated rings. The van der Waals surface area contributed by atoms with Gasteiger partial charge in [0.25, 0.3) is 0 Å². The van der Waals surface area contributed by atoms with Gasteiger partial charge in [-0.1, -0.05) is 0 Å². The van der Waals surface area contributed by atoms with Gasteiger partial charge in [0.1, 0.15) is 0 Å². The molecule has 2 amide bonds. The van der Waals surface area contributed by atoms with Crippen molar-refractivity contribution in [3.8, 4) is 0 Å². The van der Waals surface area contributed by atoms with Gasteiger partial charge in [0.2, 0.25) is 11.8 Å². The minimum Gasteiger partial charge on any atom is -0.479 e. The molecular weight excluding hydrogens is 218 g/mol. The quantitative estimate of drug-likeness (QED) is 0.679. The minimum absolute atomic E-state index is 0.151. The number of imide groups is 1. The molecule has 0 aromatic rings. The summed E-state index contributed by atoms with van der Waals surface area (Å²) in [6, 6.07) is 0. The van der Waals surface area contributed by atoms with Crippen molar-refractivity contribution in [2.75, 3.05) is 11.5 Å². The molecule has 15 heavy (non-hydrogen) atoms. The first-order valence-electron chi connectivity index (χ1n) is 4.75. The summed E-state index contributed by atoms with van der Waals surface area (Å²) in [5, 5.41) is 9.20. The average molecular weight is 229 g/mol. The smallest absolute Gasteiger partial charge is 0.331 e. The number of carboxylic acids is 1. The summed E-state index contributed by atoms with van der Waals surface area (Å²) in [5.41, 5.74) is -1.27. The lowest BCUT2D eigenvalue weighted by Crippen LogP contribution is -2.57. The van der Waals surface area contributed by atoms with Crippen molar-refractivity contribution in [1.82, 2.24) is 4.90 Å². The molecular formula is C9H11NO4S. The lowest BCUT2D eigenvalue weighted by molar-refractivity contribution is -0.161. The fourth-order valence-electron chi connectivity index (χ4n) is 2.05. The van der Waals surface area contributed by atoms with E-state index in [1.807, 2.05) is 0 Å². The van der Waals surface area contributed by atoms with Crippen LogP contribution in [-0.4, -0.2) is 44.8 Å². The molecule has 0 spiro atoms. The summed E-state index contributed by atoms with van der Waals surface area (Å²) >= 11 is 1.47. The fourth-order valence-corrected chi connectivity index (χ4v) is 3.41. The van der Waals surface area contributed by atoms with Crippen molar-refractivity contribution < 1.29 is 19.5 Å². The van der Waals surface area contributed by atoms with Gasteiger partial charge in [0, 0.05) is 18.6 Å². The second-order valence-electron chi connectivity index (χ2n) is 3.76. The van der Waals surface area contributed by atoms with Gasteiger partial charge < -0.3 is 5.11 Å². The van der Waals surface area contributed by atoms with Gasteiger partial charge in [0.15, 0.2) is 5.54 Å². The molecule has 0 aromatic heterocycles. The molecule has 2 saturated heterocycles. The molecule has 2 heterocycles. The highest BCUT2D eigenvalue weighted by Gasteiger charge is 2.53. The van der Waals surface area contributed by atoms with Crippen LogP contribution >= 0.6 is 11.8 Å². The summed E-state index contributed by atoms with van der Waals surface area (Å²) in [5.74, 6) is -0.741. The fraction of sp³-hybridized carbons (Fsp3) is 0.667. The number of carbonyl (C=O) groups is 3. The normalized spacial score (nSPS) is 31.3. The lowest BCUT2D eigenvalue weighted by atomic mass is 9.97. The van der Waals surface area contributed by atoms with Crippen LogP contribution in [0, 0.1) is 0 Å². The van der Waals surface area contributed by atoms with Crippen LogP contribution in [0.1, 0.15) is 19.3 Å². The van der Waals surface area contributed by atoms with E-state index in [9.17, 15) is 19.5 Å². The van der Waals surface area contributed by atoms with Crippen LogP contribution in [0.25, 0.3) is 0 Å². The van der Waals surface area contributed by atoms with Crippen molar-refractivity contribution in [3.05, 3.63) is 0 Å². The number of amides is 2. The Bertz CT molecular complexity index is 319. The van der Waals surface area contributed by atoms with Gasteiger partial charge in [-0.15, -0.1) is 0 Å². The van der Waals surface area contributed by atoms with E-state index in [2.05, 4.69) is 0 Å². The van der Waals surface area contributed by atoms with E-state index in [4.69, 9.17) is 0 Å². The average Bonchev–Trinajstić information content (AvgIpc) is 2.74. The van der Waals surface area contributed by atoms with Crippen LogP contribution in [0.3, 0.4) is 0 Å². The standard InChI is InChI=1S/C9H11NO4S/c11-6-1-2-7(12)10(6)9(8(13)14)3-4-15-5-9/h1-5H2,(H,13,14). The number of aliphatic carboxylic acids is 1. The third kappa shape index (κ3) is 1.43. The predicted octanol–water partition coefficient (Wildman–Crippen LogP) is 0.0957. The monoisotopic (exact) mass is 229 g/mol. The second kappa shape index (κ2) is 3.52. The molecule has 1 unspecified atom stereocenters. The van der Waals surface area contributed by atoms with Crippen LogP contribution in [0.2, 0.25) is 0 Å². The molecule has 0 aromatic carbocycles. The number of rotatable bonds is 2. The second-order valence-corrected chi connectivity index (χ2v) is 4.87. The molecule has 1 atom stereocenters. The van der Waals surface area contributed by atoms with Crippen molar-refractivity contribution in [2.45, 2.75) is 24.8 Å². The molecule has 6 heteroatoms. The first kappa shape index (κ1) is 10.5. The van der Waals surface area contributed by atoms with E-state index in [0.29, 0.717) is 17.9 Å². The number of hydrogen-bond donors (Lipinski definition) is 1. The number of nitrogens with zero attached hydrogens (tertiary/aromatic N) is 1. The van der Waals surface area contributed by atoms with Crippen LogP contribution in [0.4, 0.5) is 0 Å². The number of carboxylic acid groups (broad SMARTS) is 1. The largest absolute Gasteiger partial charge is 0.479 e. The Kier molecular flexibility index (Phi) is 2.46. The number of hydrogen-bond acceptors (Lipinski definition) is 4. The summed E-state index contributed by atoms with van der Waals surface area (Å²) < 4.78 is 0. The number of carbonyl (C=O) groups excluding carboxylic acids is 2. The number of likely N-dealkylation sites (tertiary alicyclic amines) is 1. The Morgan fingerprint density at radius 3 is 2.33 bits per heavy atom. The van der Waals surface area contributed by atoms with E-state index in [0.717, 1.165) is 4.90 Å². The van der Waals surface area contributed by atoms with Crippen molar-refractivity contribution in [3.63, 3.8) is 0 Å². The lowest BCUT2D eigenvalue weighted by Gasteiger charge is -2.32. The zero-order valence-electron chi connectivity index (χ0n) is 8.06. The maximum Gasteiger partial charge on any atom is 0.331 e. The van der Waals surface area contributed by atoms with E-state index >= 15 is 0 Å². The Balaban J connectivity index is 2.36. The molecule has 0 radical (unpaired) electrons. The van der Waals surface area contributed by atoms with Crippen molar-refractivity contribution in [2.24, 2.45) is 0 Å². The molecule has 2 aliphatic heterocycles. The zero-order valence-corrected chi connectivity index (χ0v) is 8.88. The van der Waals surface area contributed by atoms with E-state index in [1.54, 1.807) is 0 Å². The van der Waals surface area contributed by atoms with Gasteiger partial charge in [-0.05, 0) is 12.2 Å². The Morgan fingerprint density at radius 1 is 1.33 bits per heavy atom. The molecule has 0 aliphatic carbocycles. The highest BCUT2D eigenvalue weighted by Crippen LogP contribution is 2.36. The van der Waals surface area contributed by atoms with E-state index < -0.39 is 11.5 Å². The maximum atomic E-state index is 11.5. The minimum atomic E-state index is -1.27. The van der Waals surface area contributed by atoms with Gasteiger partial charge in [-0.2, -0.15) is 11.8 Å². The van der Waals surface area contributed by atoms with Gasteiger partial charge in [0.05, 0.1) is 0 Å². The first-order chi connectivity index (χ1) is 7.08. The van der Waals surface area contributed by atoms with Gasteiger partial charge in [-0.25, -0.2) is 4.79 Å². The highest BCUT2D eigenvalue weighted by atomic mass is 32.2. The van der Waals surface area contributed by atoms with Crippen LogP contribution in [0.15, 0.2) is 0 Å². The topological polar surface area (TPSA) is 74.7 Å². The van der Waals surface area contributed by atoms with Crippen molar-refractivity contribution in [1.29, 1.82) is 0 Å². The van der Waals surface area contributed by atoms with Crippen LogP contribution in [0.5, 0.6) is 0 Å². The summed E-state index contributed by atoms with van der Waals surface area (Å²) in [6.07, 6.45) is 0.668. The molecule has 0 saturated carbocycles. The Labute approximate surface area is 90.8 Å². The van der Waals surface area contributed by atoms with E-state index in [-0.39, 0.29) is 24.7 Å². The third-order valence-electron chi connectivity index (χ3n) is 2.88. The molecule has 2 rings (SSSR count). The predicted molar refractivity (Wildman–Crippen MR) is 53.4 cm³/mol. The van der Waals surface area contributed by atoms with Gasteiger partial charge in [-0.3, -0.25) is 14.5 Å².